The molecule has 0 heterocycles. The van der Waals surface area contributed by atoms with Crippen LogP contribution in [-0.2, 0) is 55.8 Å². The van der Waals surface area contributed by atoms with Crippen LogP contribution in [0.3, 0.4) is 0 Å². The number of rotatable bonds is 102. The molecule has 5 unspecified atom stereocenters. The largest absolute Gasteiger partial charge is 0.472 e. The highest BCUT2D eigenvalue weighted by molar-refractivity contribution is 7.47. The Morgan fingerprint density at radius 1 is 0.211 bits per heavy atom. The summed E-state index contributed by atoms with van der Waals surface area (Å²) >= 11 is 0. The van der Waals surface area contributed by atoms with Gasteiger partial charge in [-0.25, -0.2) is 9.13 Å². The molecule has 0 radical (unpaired) electrons. The number of aliphatic hydroxyl groups is 2. The van der Waals surface area contributed by atoms with Gasteiger partial charge in [0.1, 0.15) is 25.4 Å². The normalized spacial score (nSPS) is 14.3. The first-order valence-electron chi connectivity index (χ1n) is 54.1. The van der Waals surface area contributed by atoms with Crippen molar-refractivity contribution >= 4 is 33.6 Å². The molecule has 0 aromatic rings. The third kappa shape index (κ3) is 107. The third-order valence-corrected chi connectivity index (χ3v) is 25.0. The number of carbonyl (C=O) groups is 3. The standard InChI is InChI=1S/C115H198O16P2/c1-4-7-10-13-16-19-22-25-28-31-34-37-40-43-46-49-52-54-57-59-62-65-68-71-74-77-80-83-86-89-92-95-98-101-113(118)125-104-110(116)105-127-132(121,122)128-106-111(117)107-129-133(123,124)130-109-112(131-115(120)103-100-97-94-91-88-85-82-79-76-73-70-67-64-61-56-51-48-45-42-39-36-33-30-27-24-21-18-15-12-9-6-3)108-126-114(119)102-99-96-93-90-87-84-81-78-75-72-69-66-63-60-58-55-53-50-47-44-41-38-35-32-29-26-23-20-17-14-11-8-5-2/h7-12,16-21,25-30,34-39,43-48,110-112,116-117H,4-6,13-15,22-24,31-33,40-42,49-109H2,1-3H3,(H,121,122)(H,123,124)/b10-7-,11-8-,12-9-,19-16-,20-17-,21-18-,28-25-,29-26-,30-27-,37-34-,38-35-,39-36-,46-43-,47-44-,48-45-. The van der Waals surface area contributed by atoms with E-state index < -0.39 is 91.5 Å². The Balaban J connectivity index is 4.60. The lowest BCUT2D eigenvalue weighted by molar-refractivity contribution is -0.161. The molecule has 5 atom stereocenters. The molecule has 4 N–H and O–H groups in total. The first-order valence-corrected chi connectivity index (χ1v) is 57.1. The van der Waals surface area contributed by atoms with Gasteiger partial charge >= 0.3 is 33.6 Å². The van der Waals surface area contributed by atoms with Crippen LogP contribution in [0.25, 0.3) is 0 Å². The summed E-state index contributed by atoms with van der Waals surface area (Å²) in [5.74, 6) is -1.55. The molecule has 0 rings (SSSR count). The zero-order valence-electron chi connectivity index (χ0n) is 84.9. The van der Waals surface area contributed by atoms with Crippen molar-refractivity contribution in [3.63, 3.8) is 0 Å². The van der Waals surface area contributed by atoms with Gasteiger partial charge in [0.25, 0.3) is 0 Å². The molecule has 0 saturated heterocycles. The summed E-state index contributed by atoms with van der Waals surface area (Å²) in [4.78, 5) is 59.3. The van der Waals surface area contributed by atoms with Gasteiger partial charge in [0.15, 0.2) is 6.10 Å². The van der Waals surface area contributed by atoms with Gasteiger partial charge in [-0.15, -0.1) is 0 Å². The summed E-state index contributed by atoms with van der Waals surface area (Å²) in [5.41, 5.74) is 0. The number of hydrogen-bond acceptors (Lipinski definition) is 14. The van der Waals surface area contributed by atoms with E-state index in [0.29, 0.717) is 19.3 Å². The molecule has 0 aliphatic rings. The van der Waals surface area contributed by atoms with Gasteiger partial charge in [0.05, 0.1) is 26.4 Å². The fourth-order valence-electron chi connectivity index (χ4n) is 15.1. The van der Waals surface area contributed by atoms with E-state index in [4.69, 9.17) is 32.3 Å². The Kier molecular flexibility index (Phi) is 101. The van der Waals surface area contributed by atoms with Crippen molar-refractivity contribution in [3.8, 4) is 0 Å². The van der Waals surface area contributed by atoms with E-state index in [-0.39, 0.29) is 19.3 Å². The second-order valence-corrected chi connectivity index (χ2v) is 38.9. The van der Waals surface area contributed by atoms with Gasteiger partial charge in [-0.1, -0.05) is 479 Å². The molecule has 133 heavy (non-hydrogen) atoms. The number of carbonyl (C=O) groups excluding carboxylic acids is 3. The predicted octanol–water partition coefficient (Wildman–Crippen LogP) is 34.7. The number of phosphoric ester groups is 2. The molecular weight excluding hydrogens is 1700 g/mol. The van der Waals surface area contributed by atoms with Crippen LogP contribution < -0.4 is 0 Å². The quantitative estimate of drug-likeness (QED) is 0.0146. The van der Waals surface area contributed by atoms with Crippen molar-refractivity contribution in [1.82, 2.24) is 0 Å². The number of phosphoric acid groups is 2. The summed E-state index contributed by atoms with van der Waals surface area (Å²) in [6.07, 6.45) is 141. The van der Waals surface area contributed by atoms with Gasteiger partial charge in [0, 0.05) is 19.3 Å². The summed E-state index contributed by atoms with van der Waals surface area (Å²) < 4.78 is 61.8. The number of ether oxygens (including phenoxy) is 3. The topological polar surface area (TPSA) is 231 Å². The van der Waals surface area contributed by atoms with Crippen molar-refractivity contribution in [2.45, 2.75) is 489 Å². The molecule has 16 nitrogen and oxygen atoms in total. The minimum atomic E-state index is -4.95. The highest BCUT2D eigenvalue weighted by Gasteiger charge is 2.30. The second kappa shape index (κ2) is 106. The SMILES string of the molecule is CC/C=C\C/C=C\C/C=C\C/C=C\C/C=C\CCCCCCCCCCCCCCCCCCCC(=O)OCC(O)COP(=O)(O)OCC(O)COP(=O)(O)OCC(COC(=O)CCCCCCCCCCCCCCCCCCC/C=C\C/C=C\C/C=C\C/C=C\C/C=C\CC)OC(=O)CCCCCCCCCCCCCCCCC/C=C\C/C=C\C/C=C\C/C=C\C/C=C\CC. The summed E-state index contributed by atoms with van der Waals surface area (Å²) in [7, 11) is -9.82. The summed E-state index contributed by atoms with van der Waals surface area (Å²) in [6.45, 7) is 2.44. The van der Waals surface area contributed by atoms with Crippen LogP contribution in [0, 0.1) is 0 Å². The van der Waals surface area contributed by atoms with E-state index in [9.17, 15) is 43.5 Å². The fourth-order valence-corrected chi connectivity index (χ4v) is 16.7. The molecule has 0 spiro atoms. The number of esters is 3. The van der Waals surface area contributed by atoms with Crippen molar-refractivity contribution in [2.24, 2.45) is 0 Å². The third-order valence-electron chi connectivity index (χ3n) is 23.1. The fraction of sp³-hybridized carbons (Fsp3) is 0.713. The van der Waals surface area contributed by atoms with Gasteiger partial charge in [-0.3, -0.25) is 32.5 Å². The molecule has 18 heteroatoms. The molecule has 0 saturated carbocycles. The molecule has 0 aliphatic heterocycles. The molecule has 0 bridgehead atoms. The lowest BCUT2D eigenvalue weighted by Crippen LogP contribution is -2.30. The average molecular weight is 1900 g/mol. The Morgan fingerprint density at radius 3 is 0.594 bits per heavy atom. The van der Waals surface area contributed by atoms with Crippen LogP contribution in [-0.4, -0.2) is 95.9 Å². The lowest BCUT2D eigenvalue weighted by Gasteiger charge is -2.21. The van der Waals surface area contributed by atoms with Gasteiger partial charge in [0.2, 0.25) is 0 Å². The molecule has 0 fully saturated rings. The minimum absolute atomic E-state index is 0.103. The Labute approximate surface area is 815 Å². The Hall–Kier alpha value is -5.35. The van der Waals surface area contributed by atoms with Gasteiger partial charge < -0.3 is 34.2 Å². The van der Waals surface area contributed by atoms with Gasteiger partial charge in [-0.05, 0) is 154 Å². The highest BCUT2D eigenvalue weighted by Crippen LogP contribution is 2.45. The zero-order chi connectivity index (χ0) is 96.4. The number of aliphatic hydroxyl groups excluding tert-OH is 2. The second-order valence-electron chi connectivity index (χ2n) is 36.0. The first-order chi connectivity index (χ1) is 65.2. The summed E-state index contributed by atoms with van der Waals surface area (Å²) in [5, 5.41) is 20.8. The minimum Gasteiger partial charge on any atom is -0.463 e. The van der Waals surface area contributed by atoms with Crippen LogP contribution in [0.5, 0.6) is 0 Å². The predicted molar refractivity (Wildman–Crippen MR) is 565 cm³/mol. The van der Waals surface area contributed by atoms with E-state index in [1.807, 2.05) is 0 Å². The van der Waals surface area contributed by atoms with Crippen LogP contribution in [0.15, 0.2) is 182 Å². The maximum Gasteiger partial charge on any atom is 0.472 e. The highest BCUT2D eigenvalue weighted by atomic mass is 31.2. The Bertz CT molecular complexity index is 3150. The summed E-state index contributed by atoms with van der Waals surface area (Å²) in [6, 6.07) is 0. The molecule has 0 amide bonds. The van der Waals surface area contributed by atoms with Crippen LogP contribution in [0.2, 0.25) is 0 Å². The van der Waals surface area contributed by atoms with Crippen molar-refractivity contribution in [2.75, 3.05) is 39.6 Å². The van der Waals surface area contributed by atoms with Crippen molar-refractivity contribution in [1.29, 1.82) is 0 Å². The first kappa shape index (κ1) is 128. The van der Waals surface area contributed by atoms with Crippen molar-refractivity contribution in [3.05, 3.63) is 182 Å². The van der Waals surface area contributed by atoms with E-state index in [1.165, 1.54) is 244 Å². The maximum absolute atomic E-state index is 13.2. The zero-order valence-corrected chi connectivity index (χ0v) is 86.7. The number of allylic oxidation sites excluding steroid dienone is 30. The maximum atomic E-state index is 13.2. The lowest BCUT2D eigenvalue weighted by atomic mass is 10.0. The number of unbranched alkanes of at least 4 members (excludes halogenated alkanes) is 49. The van der Waals surface area contributed by atoms with E-state index in [2.05, 4.69) is 203 Å². The van der Waals surface area contributed by atoms with Crippen LogP contribution in [0.1, 0.15) is 470 Å². The smallest absolute Gasteiger partial charge is 0.463 e. The number of hydrogen-bond donors (Lipinski definition) is 4. The van der Waals surface area contributed by atoms with E-state index in [1.54, 1.807) is 0 Å². The van der Waals surface area contributed by atoms with E-state index in [0.717, 1.165) is 167 Å². The van der Waals surface area contributed by atoms with Crippen LogP contribution in [0.4, 0.5) is 0 Å². The molecule has 0 aliphatic carbocycles. The van der Waals surface area contributed by atoms with E-state index >= 15 is 0 Å². The molecule has 0 aromatic carbocycles. The molecule has 0 aromatic heterocycles. The average Bonchev–Trinajstić information content (AvgIpc) is 0.896. The van der Waals surface area contributed by atoms with Gasteiger partial charge in [-0.2, -0.15) is 0 Å². The Morgan fingerprint density at radius 2 is 0.376 bits per heavy atom. The van der Waals surface area contributed by atoms with Crippen molar-refractivity contribution < 1.29 is 75.8 Å². The monoisotopic (exact) mass is 1900 g/mol. The molecule has 764 valence electrons. The molecular formula is C115H198O16P2. The van der Waals surface area contributed by atoms with Crippen LogP contribution >= 0.6 is 15.6 Å².